The molecule has 2 amide bonds. The molecule has 2 aromatic carbocycles. The van der Waals surface area contributed by atoms with Crippen LogP contribution in [0.1, 0.15) is 24.0 Å². The maximum absolute atomic E-state index is 12.4. The van der Waals surface area contributed by atoms with Crippen molar-refractivity contribution in [3.8, 4) is 11.1 Å². The predicted molar refractivity (Wildman–Crippen MR) is 110 cm³/mol. The van der Waals surface area contributed by atoms with Gasteiger partial charge in [-0.3, -0.25) is 9.59 Å². The van der Waals surface area contributed by atoms with Crippen LogP contribution in [0.5, 0.6) is 0 Å². The van der Waals surface area contributed by atoms with E-state index >= 15 is 0 Å². The number of amides is 2. The Balaban J connectivity index is 1.78. The molecular formula is C23H28N2O3. The number of carbonyl (C=O) groups is 2. The second-order valence-electron chi connectivity index (χ2n) is 7.74. The van der Waals surface area contributed by atoms with Gasteiger partial charge >= 0.3 is 0 Å². The molecule has 1 aliphatic heterocycles. The van der Waals surface area contributed by atoms with Crippen molar-refractivity contribution in [2.75, 3.05) is 26.8 Å². The fraction of sp³-hybridized carbons (Fsp3) is 0.391. The molecule has 0 aromatic heterocycles. The van der Waals surface area contributed by atoms with Crippen molar-refractivity contribution in [2.45, 2.75) is 26.2 Å². The van der Waals surface area contributed by atoms with Gasteiger partial charge in [-0.2, -0.15) is 0 Å². The standard InChI is InChI=1S/C23H28N2O3/c1-17-4-8-19(9-5-17)20-10-6-18(7-11-20)14-23(22(24)27)12-3-13-25(16-23)21(26)15-28-2/h4-11H,3,12-16H2,1-2H3,(H2,24,27). The highest BCUT2D eigenvalue weighted by Gasteiger charge is 2.42. The van der Waals surface area contributed by atoms with Gasteiger partial charge in [0, 0.05) is 20.2 Å². The van der Waals surface area contributed by atoms with Crippen molar-refractivity contribution < 1.29 is 14.3 Å². The number of hydrogen-bond donors (Lipinski definition) is 1. The number of methoxy groups -OCH3 is 1. The van der Waals surface area contributed by atoms with E-state index in [4.69, 9.17) is 10.5 Å². The van der Waals surface area contributed by atoms with Gasteiger partial charge in [0.05, 0.1) is 5.41 Å². The Morgan fingerprint density at radius 3 is 2.25 bits per heavy atom. The van der Waals surface area contributed by atoms with Crippen molar-refractivity contribution in [2.24, 2.45) is 11.1 Å². The van der Waals surface area contributed by atoms with Crippen LogP contribution in [0.3, 0.4) is 0 Å². The lowest BCUT2D eigenvalue weighted by Gasteiger charge is -2.41. The van der Waals surface area contributed by atoms with Crippen LogP contribution in [0.4, 0.5) is 0 Å². The van der Waals surface area contributed by atoms with Crippen molar-refractivity contribution in [1.29, 1.82) is 0 Å². The summed E-state index contributed by atoms with van der Waals surface area (Å²) in [5, 5.41) is 0. The molecule has 1 aliphatic rings. The number of ether oxygens (including phenoxy) is 1. The first-order valence-corrected chi connectivity index (χ1v) is 9.66. The van der Waals surface area contributed by atoms with Gasteiger partial charge in [0.2, 0.25) is 11.8 Å². The number of primary amides is 1. The minimum absolute atomic E-state index is 0.0279. The van der Waals surface area contributed by atoms with Crippen LogP contribution < -0.4 is 5.73 Å². The van der Waals surface area contributed by atoms with E-state index in [1.807, 2.05) is 0 Å². The van der Waals surface area contributed by atoms with Gasteiger partial charge in [-0.1, -0.05) is 54.1 Å². The normalized spacial score (nSPS) is 19.4. The van der Waals surface area contributed by atoms with Crippen LogP contribution in [-0.4, -0.2) is 43.5 Å². The molecule has 28 heavy (non-hydrogen) atoms. The first-order chi connectivity index (χ1) is 13.4. The number of hydrogen-bond acceptors (Lipinski definition) is 3. The van der Waals surface area contributed by atoms with Crippen LogP contribution in [0.15, 0.2) is 48.5 Å². The molecule has 1 heterocycles. The molecule has 5 heteroatoms. The average molecular weight is 380 g/mol. The van der Waals surface area contributed by atoms with Gasteiger partial charge < -0.3 is 15.4 Å². The third-order valence-electron chi connectivity index (χ3n) is 5.60. The molecule has 2 N–H and O–H groups in total. The molecule has 0 spiro atoms. The molecule has 1 atom stereocenters. The van der Waals surface area contributed by atoms with Gasteiger partial charge in [-0.15, -0.1) is 0 Å². The lowest BCUT2D eigenvalue weighted by atomic mass is 9.74. The van der Waals surface area contributed by atoms with Crippen molar-refractivity contribution >= 4 is 11.8 Å². The van der Waals surface area contributed by atoms with Gasteiger partial charge in [0.15, 0.2) is 0 Å². The highest BCUT2D eigenvalue weighted by Crippen LogP contribution is 2.34. The number of benzene rings is 2. The summed E-state index contributed by atoms with van der Waals surface area (Å²) >= 11 is 0. The molecule has 2 aromatic rings. The van der Waals surface area contributed by atoms with Crippen LogP contribution in [0.2, 0.25) is 0 Å². The second kappa shape index (κ2) is 8.57. The number of likely N-dealkylation sites (tertiary alicyclic amines) is 1. The minimum atomic E-state index is -0.729. The molecule has 5 nitrogen and oxygen atoms in total. The quantitative estimate of drug-likeness (QED) is 0.837. The maximum Gasteiger partial charge on any atom is 0.248 e. The zero-order valence-electron chi connectivity index (χ0n) is 16.6. The number of aryl methyl sites for hydroxylation is 1. The summed E-state index contributed by atoms with van der Waals surface area (Å²) in [6, 6.07) is 16.7. The highest BCUT2D eigenvalue weighted by molar-refractivity contribution is 5.84. The molecular weight excluding hydrogens is 352 g/mol. The molecule has 0 aliphatic carbocycles. The molecule has 3 rings (SSSR count). The Morgan fingerprint density at radius 1 is 1.07 bits per heavy atom. The van der Waals surface area contributed by atoms with E-state index in [0.717, 1.165) is 23.1 Å². The SMILES string of the molecule is COCC(=O)N1CCCC(Cc2ccc(-c3ccc(C)cc3)cc2)(C(N)=O)C1. The number of nitrogens with zero attached hydrogens (tertiary/aromatic N) is 1. The Bertz CT molecular complexity index is 830. The molecule has 1 unspecified atom stereocenters. The van der Waals surface area contributed by atoms with Crippen molar-refractivity contribution in [3.05, 3.63) is 59.7 Å². The van der Waals surface area contributed by atoms with E-state index in [2.05, 4.69) is 55.5 Å². The monoisotopic (exact) mass is 380 g/mol. The summed E-state index contributed by atoms with van der Waals surface area (Å²) in [5.41, 5.74) is 9.67. The molecule has 0 radical (unpaired) electrons. The van der Waals surface area contributed by atoms with E-state index in [0.29, 0.717) is 25.9 Å². The molecule has 0 bridgehead atoms. The van der Waals surface area contributed by atoms with Crippen LogP contribution in [0.25, 0.3) is 11.1 Å². The first kappa shape index (κ1) is 20.1. The lowest BCUT2D eigenvalue weighted by molar-refractivity contribution is -0.142. The van der Waals surface area contributed by atoms with Crippen LogP contribution in [0, 0.1) is 12.3 Å². The molecule has 1 fully saturated rings. The number of carbonyl (C=O) groups excluding carboxylic acids is 2. The zero-order valence-corrected chi connectivity index (χ0v) is 16.6. The lowest BCUT2D eigenvalue weighted by Crippen LogP contribution is -2.53. The Labute approximate surface area is 166 Å². The van der Waals surface area contributed by atoms with E-state index in [-0.39, 0.29) is 18.4 Å². The second-order valence-corrected chi connectivity index (χ2v) is 7.74. The predicted octanol–water partition coefficient (Wildman–Crippen LogP) is 2.95. The summed E-state index contributed by atoms with van der Waals surface area (Å²) in [7, 11) is 1.50. The summed E-state index contributed by atoms with van der Waals surface area (Å²) in [6.07, 6.45) is 1.99. The number of nitrogens with two attached hydrogens (primary N) is 1. The molecule has 148 valence electrons. The van der Waals surface area contributed by atoms with Crippen molar-refractivity contribution in [1.82, 2.24) is 4.90 Å². The highest BCUT2D eigenvalue weighted by atomic mass is 16.5. The van der Waals surface area contributed by atoms with Crippen molar-refractivity contribution in [3.63, 3.8) is 0 Å². The zero-order chi connectivity index (χ0) is 20.1. The number of piperidine rings is 1. The van der Waals surface area contributed by atoms with E-state index < -0.39 is 5.41 Å². The minimum Gasteiger partial charge on any atom is -0.375 e. The van der Waals surface area contributed by atoms with Gasteiger partial charge in [0.25, 0.3) is 0 Å². The van der Waals surface area contributed by atoms with Gasteiger partial charge in [-0.05, 0) is 42.9 Å². The summed E-state index contributed by atoms with van der Waals surface area (Å²) < 4.78 is 4.96. The van der Waals surface area contributed by atoms with E-state index in [9.17, 15) is 9.59 Å². The summed E-state index contributed by atoms with van der Waals surface area (Å²) in [6.45, 7) is 3.09. The Hall–Kier alpha value is -2.66. The van der Waals surface area contributed by atoms with E-state index in [1.165, 1.54) is 12.7 Å². The smallest absolute Gasteiger partial charge is 0.248 e. The molecule has 1 saturated heterocycles. The molecule has 0 saturated carbocycles. The Morgan fingerprint density at radius 2 is 1.68 bits per heavy atom. The van der Waals surface area contributed by atoms with E-state index in [1.54, 1.807) is 4.90 Å². The Kier molecular flexibility index (Phi) is 6.15. The summed E-state index contributed by atoms with van der Waals surface area (Å²) in [4.78, 5) is 26.3. The van der Waals surface area contributed by atoms with Crippen LogP contribution in [-0.2, 0) is 20.7 Å². The van der Waals surface area contributed by atoms with Crippen LogP contribution >= 0.6 is 0 Å². The fourth-order valence-corrected chi connectivity index (χ4v) is 3.94. The van der Waals surface area contributed by atoms with Gasteiger partial charge in [0.1, 0.15) is 6.61 Å². The third kappa shape index (κ3) is 4.42. The first-order valence-electron chi connectivity index (χ1n) is 9.66. The largest absolute Gasteiger partial charge is 0.375 e. The van der Waals surface area contributed by atoms with Gasteiger partial charge in [-0.25, -0.2) is 0 Å². The maximum atomic E-state index is 12.4. The summed E-state index contributed by atoms with van der Waals surface area (Å²) in [5.74, 6) is -0.437. The third-order valence-corrected chi connectivity index (χ3v) is 5.60. The fourth-order valence-electron chi connectivity index (χ4n) is 3.94. The number of rotatable bonds is 6. The average Bonchev–Trinajstić information content (AvgIpc) is 2.69. The topological polar surface area (TPSA) is 72.6 Å².